The van der Waals surface area contributed by atoms with Gasteiger partial charge in [-0.1, -0.05) is 12.1 Å². The number of likely N-dealkylation sites (tertiary alicyclic amines) is 1. The van der Waals surface area contributed by atoms with Gasteiger partial charge in [0.1, 0.15) is 5.75 Å². The van der Waals surface area contributed by atoms with E-state index in [-0.39, 0.29) is 42.5 Å². The number of carbonyl (C=O) groups excluding carboxylic acids is 1. The molecule has 1 aromatic carbocycles. The number of nitrogens with zero attached hydrogens (tertiary/aromatic N) is 3. The average molecular weight is 555 g/mol. The molecule has 1 unspecified atom stereocenters. The predicted molar refractivity (Wildman–Crippen MR) is 124 cm³/mol. The van der Waals surface area contributed by atoms with Gasteiger partial charge in [-0.3, -0.25) is 14.7 Å². The summed E-state index contributed by atoms with van der Waals surface area (Å²) in [5, 5.41) is 6.36. The molecule has 0 radical (unpaired) electrons. The van der Waals surface area contributed by atoms with Crippen LogP contribution in [-0.2, 0) is 4.79 Å². The van der Waals surface area contributed by atoms with Gasteiger partial charge in [0.05, 0.1) is 12.2 Å². The molecule has 2 heterocycles. The molecule has 1 fully saturated rings. The Labute approximate surface area is 197 Å². The predicted octanol–water partition coefficient (Wildman–Crippen LogP) is 2.61. The number of para-hydroxylation sites is 2. The van der Waals surface area contributed by atoms with Crippen molar-refractivity contribution in [2.24, 2.45) is 4.99 Å². The fourth-order valence-electron chi connectivity index (χ4n) is 3.68. The first kappa shape index (κ1) is 25.5. The van der Waals surface area contributed by atoms with Crippen LogP contribution in [0, 0.1) is 0 Å². The lowest BCUT2D eigenvalue weighted by Gasteiger charge is -2.29. The molecule has 7 nitrogen and oxygen atoms in total. The summed E-state index contributed by atoms with van der Waals surface area (Å²) in [7, 11) is 0. The van der Waals surface area contributed by atoms with Crippen LogP contribution < -0.4 is 20.3 Å². The number of hydrogen-bond acceptors (Lipinski definition) is 4. The van der Waals surface area contributed by atoms with Crippen molar-refractivity contribution < 1.29 is 22.7 Å². The molecule has 1 atom stereocenters. The fourth-order valence-corrected chi connectivity index (χ4v) is 3.68. The highest BCUT2D eigenvalue weighted by Gasteiger charge is 2.34. The van der Waals surface area contributed by atoms with Crippen LogP contribution in [-0.4, -0.2) is 74.9 Å². The number of nitrogens with one attached hydrogen (secondary N) is 2. The van der Waals surface area contributed by atoms with Crippen LogP contribution in [0.15, 0.2) is 29.3 Å². The molecule has 174 valence electrons. The lowest BCUT2D eigenvalue weighted by molar-refractivity contribution is -0.143. The van der Waals surface area contributed by atoms with E-state index in [0.717, 1.165) is 5.69 Å². The van der Waals surface area contributed by atoms with E-state index in [2.05, 4.69) is 15.6 Å². The smallest absolute Gasteiger partial charge is 0.401 e. The van der Waals surface area contributed by atoms with Crippen molar-refractivity contribution in [2.45, 2.75) is 32.0 Å². The van der Waals surface area contributed by atoms with E-state index in [1.165, 1.54) is 4.90 Å². The van der Waals surface area contributed by atoms with E-state index in [0.29, 0.717) is 57.3 Å². The standard InChI is InChI=1S/C20H28F3N5O2.HI/c1-2-24-19(26-15-8-11-27(12-15)14-20(21,22)23)25-9-5-10-28-16-6-3-4-7-17(16)30-13-18(28)29;/h3-4,6-7,15H,2,5,8-14H2,1H3,(H2,24,25,26);1H. The molecule has 0 saturated carbocycles. The number of anilines is 1. The van der Waals surface area contributed by atoms with Gasteiger partial charge in [0.15, 0.2) is 12.6 Å². The summed E-state index contributed by atoms with van der Waals surface area (Å²) >= 11 is 0. The van der Waals surface area contributed by atoms with E-state index < -0.39 is 12.7 Å². The fraction of sp³-hybridized carbons (Fsp3) is 0.600. The van der Waals surface area contributed by atoms with E-state index >= 15 is 0 Å². The zero-order valence-corrected chi connectivity index (χ0v) is 19.8. The molecule has 0 aromatic heterocycles. The minimum atomic E-state index is -4.18. The lowest BCUT2D eigenvalue weighted by atomic mass is 10.2. The van der Waals surface area contributed by atoms with Gasteiger partial charge < -0.3 is 20.3 Å². The number of alkyl halides is 3. The topological polar surface area (TPSA) is 69.2 Å². The van der Waals surface area contributed by atoms with Gasteiger partial charge in [-0.05, 0) is 31.9 Å². The molecular weight excluding hydrogens is 526 g/mol. The second-order valence-corrected chi connectivity index (χ2v) is 7.40. The van der Waals surface area contributed by atoms with Crippen LogP contribution in [0.5, 0.6) is 5.75 Å². The summed E-state index contributed by atoms with van der Waals surface area (Å²) in [5.41, 5.74) is 0.762. The zero-order valence-electron chi connectivity index (χ0n) is 17.5. The van der Waals surface area contributed by atoms with E-state index in [9.17, 15) is 18.0 Å². The Morgan fingerprint density at radius 2 is 2.10 bits per heavy atom. The Kier molecular flexibility index (Phi) is 9.66. The summed E-state index contributed by atoms with van der Waals surface area (Å²) in [5.74, 6) is 1.20. The number of carbonyl (C=O) groups is 1. The Morgan fingerprint density at radius 3 is 2.84 bits per heavy atom. The number of guanidine groups is 1. The summed E-state index contributed by atoms with van der Waals surface area (Å²) in [4.78, 5) is 19.8. The molecule has 0 spiro atoms. The highest BCUT2D eigenvalue weighted by molar-refractivity contribution is 14.0. The Morgan fingerprint density at radius 1 is 1.32 bits per heavy atom. The minimum Gasteiger partial charge on any atom is -0.482 e. The van der Waals surface area contributed by atoms with Gasteiger partial charge in [-0.2, -0.15) is 13.2 Å². The van der Waals surface area contributed by atoms with Gasteiger partial charge in [0.25, 0.3) is 5.91 Å². The van der Waals surface area contributed by atoms with Crippen LogP contribution >= 0.6 is 24.0 Å². The van der Waals surface area contributed by atoms with Gasteiger partial charge in [0.2, 0.25) is 0 Å². The van der Waals surface area contributed by atoms with Gasteiger partial charge >= 0.3 is 6.18 Å². The van der Waals surface area contributed by atoms with Crippen molar-refractivity contribution in [3.8, 4) is 5.75 Å². The van der Waals surface area contributed by atoms with Crippen molar-refractivity contribution in [2.75, 3.05) is 50.8 Å². The zero-order chi connectivity index (χ0) is 21.6. The highest BCUT2D eigenvalue weighted by atomic mass is 127. The van der Waals surface area contributed by atoms with Gasteiger partial charge in [-0.15, -0.1) is 24.0 Å². The molecule has 0 bridgehead atoms. The summed E-state index contributed by atoms with van der Waals surface area (Å²) in [6.45, 7) is 3.49. The largest absolute Gasteiger partial charge is 0.482 e. The molecular formula is C20H29F3IN5O2. The molecule has 1 saturated heterocycles. The van der Waals surface area contributed by atoms with Crippen molar-refractivity contribution in [1.82, 2.24) is 15.5 Å². The van der Waals surface area contributed by atoms with Crippen LogP contribution in [0.1, 0.15) is 19.8 Å². The normalized spacial score (nSPS) is 19.5. The number of benzene rings is 1. The average Bonchev–Trinajstić information content (AvgIpc) is 3.11. The monoisotopic (exact) mass is 555 g/mol. The lowest BCUT2D eigenvalue weighted by Crippen LogP contribution is -2.45. The van der Waals surface area contributed by atoms with Gasteiger partial charge in [0, 0.05) is 38.8 Å². The third-order valence-corrected chi connectivity index (χ3v) is 4.98. The molecule has 11 heteroatoms. The number of halogens is 4. The molecule has 0 aliphatic carbocycles. The number of amides is 1. The Balaban J connectivity index is 0.00000341. The maximum atomic E-state index is 12.6. The molecule has 2 aliphatic rings. The minimum absolute atomic E-state index is 0. The summed E-state index contributed by atoms with van der Waals surface area (Å²) in [6.07, 6.45) is -2.88. The molecule has 2 N–H and O–H groups in total. The summed E-state index contributed by atoms with van der Waals surface area (Å²) < 4.78 is 43.1. The van der Waals surface area contributed by atoms with E-state index in [4.69, 9.17) is 4.74 Å². The highest BCUT2D eigenvalue weighted by Crippen LogP contribution is 2.31. The van der Waals surface area contributed by atoms with Crippen molar-refractivity contribution in [3.63, 3.8) is 0 Å². The summed E-state index contributed by atoms with van der Waals surface area (Å²) in [6, 6.07) is 7.35. The van der Waals surface area contributed by atoms with Crippen molar-refractivity contribution in [1.29, 1.82) is 0 Å². The maximum absolute atomic E-state index is 12.6. The first-order valence-electron chi connectivity index (χ1n) is 10.2. The van der Waals surface area contributed by atoms with Crippen LogP contribution in [0.4, 0.5) is 18.9 Å². The molecule has 2 aliphatic heterocycles. The number of aliphatic imine (C=N–C) groups is 1. The first-order valence-corrected chi connectivity index (χ1v) is 10.2. The maximum Gasteiger partial charge on any atom is 0.401 e. The van der Waals surface area contributed by atoms with E-state index in [1.807, 2.05) is 31.2 Å². The Hall–Kier alpha value is -1.76. The quantitative estimate of drug-likeness (QED) is 0.235. The number of hydrogen-bond donors (Lipinski definition) is 2. The second kappa shape index (κ2) is 11.7. The first-order chi connectivity index (χ1) is 14.4. The van der Waals surface area contributed by atoms with Crippen LogP contribution in [0.25, 0.3) is 0 Å². The Bertz CT molecular complexity index is 763. The van der Waals surface area contributed by atoms with Crippen molar-refractivity contribution >= 4 is 41.5 Å². The number of ether oxygens (including phenoxy) is 1. The number of rotatable bonds is 7. The van der Waals surface area contributed by atoms with Crippen LogP contribution in [0.3, 0.4) is 0 Å². The molecule has 31 heavy (non-hydrogen) atoms. The van der Waals surface area contributed by atoms with Gasteiger partial charge in [-0.25, -0.2) is 0 Å². The van der Waals surface area contributed by atoms with Crippen molar-refractivity contribution in [3.05, 3.63) is 24.3 Å². The van der Waals surface area contributed by atoms with Crippen LogP contribution in [0.2, 0.25) is 0 Å². The third-order valence-electron chi connectivity index (χ3n) is 4.98. The molecule has 1 amide bonds. The third kappa shape index (κ3) is 7.70. The molecule has 1 aromatic rings. The SMILES string of the molecule is CCNC(=NCCCN1C(=O)COc2ccccc21)NC1CCN(CC(F)(F)F)C1.I. The molecule has 3 rings (SSSR count). The second-order valence-electron chi connectivity index (χ2n) is 7.40. The van der Waals surface area contributed by atoms with E-state index in [1.54, 1.807) is 4.90 Å². The number of fused-ring (bicyclic) bond motifs is 1.